The maximum atomic E-state index is 13.2. The van der Waals surface area contributed by atoms with Crippen LogP contribution in [0.1, 0.15) is 35.0 Å². The van der Waals surface area contributed by atoms with Crippen molar-refractivity contribution in [2.75, 3.05) is 18.4 Å². The Bertz CT molecular complexity index is 1450. The molecule has 6 rings (SSSR count). The standard InChI is InChI=1S/C25H22ClN5O3S/c1-2-21(32)30-9-8-25(13-30)10-15(11-25)31-17-5-3-4-16(26)22(17)28-24(31)29-23(33)20-7-6-19(35-20)18-12-27-14-34-18/h2-7,12,14-15H,1,8-11,13H2,(H,28,29,33)/t15-,25+. The summed E-state index contributed by atoms with van der Waals surface area (Å²) in [6, 6.07) is 9.43. The van der Waals surface area contributed by atoms with Crippen LogP contribution in [-0.4, -0.2) is 44.3 Å². The second-order valence-corrected chi connectivity index (χ2v) is 10.7. The molecule has 1 saturated carbocycles. The smallest absolute Gasteiger partial charge is 0.268 e. The first kappa shape index (κ1) is 22.1. The fraction of sp³-hybridized carbons (Fsp3) is 0.280. The molecule has 0 unspecified atom stereocenters. The third-order valence-corrected chi connectivity index (χ3v) is 8.43. The molecular weight excluding hydrogens is 486 g/mol. The molecular formula is C25H22ClN5O3S. The van der Waals surface area contributed by atoms with Crippen LogP contribution >= 0.6 is 22.9 Å². The molecule has 4 aromatic rings. The first-order chi connectivity index (χ1) is 17.0. The number of para-hydroxylation sites is 1. The summed E-state index contributed by atoms with van der Waals surface area (Å²) in [6.07, 6.45) is 7.15. The first-order valence-electron chi connectivity index (χ1n) is 11.3. The molecule has 178 valence electrons. The van der Waals surface area contributed by atoms with Gasteiger partial charge in [-0.2, -0.15) is 0 Å². The van der Waals surface area contributed by atoms with Crippen LogP contribution in [0, 0.1) is 5.41 Å². The average molecular weight is 508 g/mol. The number of fused-ring (bicyclic) bond motifs is 1. The highest BCUT2D eigenvalue weighted by Crippen LogP contribution is 2.55. The Kier molecular flexibility index (Phi) is 5.26. The summed E-state index contributed by atoms with van der Waals surface area (Å²) in [5.74, 6) is 0.836. The number of thiophene rings is 1. The number of amides is 2. The maximum absolute atomic E-state index is 13.2. The highest BCUT2D eigenvalue weighted by Gasteiger charge is 2.50. The van der Waals surface area contributed by atoms with Crippen molar-refractivity contribution in [1.82, 2.24) is 19.4 Å². The quantitative estimate of drug-likeness (QED) is 0.365. The van der Waals surface area contributed by atoms with Crippen molar-refractivity contribution in [2.24, 2.45) is 5.41 Å². The van der Waals surface area contributed by atoms with Crippen LogP contribution in [0.4, 0.5) is 5.95 Å². The second kappa shape index (κ2) is 8.35. The molecule has 10 heteroatoms. The molecule has 35 heavy (non-hydrogen) atoms. The highest BCUT2D eigenvalue weighted by atomic mass is 35.5. The molecule has 1 saturated heterocycles. The van der Waals surface area contributed by atoms with Crippen LogP contribution < -0.4 is 5.32 Å². The van der Waals surface area contributed by atoms with Crippen molar-refractivity contribution in [3.63, 3.8) is 0 Å². The largest absolute Gasteiger partial charge is 0.443 e. The predicted molar refractivity (Wildman–Crippen MR) is 135 cm³/mol. The minimum absolute atomic E-state index is 0.0150. The van der Waals surface area contributed by atoms with Crippen molar-refractivity contribution in [2.45, 2.75) is 25.3 Å². The normalized spacial score (nSPS) is 21.4. The van der Waals surface area contributed by atoms with Gasteiger partial charge in [-0.05, 0) is 55.0 Å². The summed E-state index contributed by atoms with van der Waals surface area (Å²) < 4.78 is 7.43. The van der Waals surface area contributed by atoms with E-state index in [2.05, 4.69) is 21.4 Å². The number of nitrogens with zero attached hydrogens (tertiary/aromatic N) is 4. The Hall–Kier alpha value is -3.43. The van der Waals surface area contributed by atoms with Crippen LogP contribution in [0.2, 0.25) is 5.02 Å². The molecule has 1 aromatic carbocycles. The summed E-state index contributed by atoms with van der Waals surface area (Å²) in [5, 5.41) is 3.55. The monoisotopic (exact) mass is 507 g/mol. The molecule has 0 atom stereocenters. The number of halogens is 1. The van der Waals surface area contributed by atoms with Gasteiger partial charge in [0.2, 0.25) is 11.9 Å². The van der Waals surface area contributed by atoms with Gasteiger partial charge in [-0.25, -0.2) is 9.97 Å². The Labute approximate surface area is 210 Å². The lowest BCUT2D eigenvalue weighted by Gasteiger charge is -2.46. The predicted octanol–water partition coefficient (Wildman–Crippen LogP) is 5.40. The van der Waals surface area contributed by atoms with Crippen LogP contribution in [0.25, 0.3) is 21.7 Å². The van der Waals surface area contributed by atoms with E-state index in [0.29, 0.717) is 27.1 Å². The third kappa shape index (κ3) is 3.75. The summed E-state index contributed by atoms with van der Waals surface area (Å²) in [4.78, 5) is 37.1. The van der Waals surface area contributed by atoms with Gasteiger partial charge in [-0.15, -0.1) is 11.3 Å². The molecule has 1 spiro atoms. The fourth-order valence-corrected chi connectivity index (χ4v) is 6.41. The van der Waals surface area contributed by atoms with E-state index >= 15 is 0 Å². The molecule has 1 aliphatic carbocycles. The lowest BCUT2D eigenvalue weighted by Crippen LogP contribution is -2.42. The van der Waals surface area contributed by atoms with Crippen LogP contribution in [0.3, 0.4) is 0 Å². The van der Waals surface area contributed by atoms with E-state index in [1.807, 2.05) is 23.1 Å². The number of carbonyl (C=O) groups excluding carboxylic acids is 2. The zero-order valence-corrected chi connectivity index (χ0v) is 20.3. The van der Waals surface area contributed by atoms with Crippen LogP contribution in [0.5, 0.6) is 0 Å². The van der Waals surface area contributed by atoms with Gasteiger partial charge in [0.15, 0.2) is 12.2 Å². The number of likely N-dealkylation sites (tertiary alicyclic amines) is 1. The van der Waals surface area contributed by atoms with Gasteiger partial charge < -0.3 is 13.9 Å². The SMILES string of the molecule is C=CC(=O)N1CC[C@]2(C1)C[C@@H](n1c(NC(=O)c3ccc(-c4cnco4)s3)nc3c(Cl)cccc31)C2. The minimum atomic E-state index is -0.244. The fourth-order valence-electron chi connectivity index (χ4n) is 5.34. The van der Waals surface area contributed by atoms with Gasteiger partial charge >= 0.3 is 0 Å². The maximum Gasteiger partial charge on any atom is 0.268 e. The zero-order valence-electron chi connectivity index (χ0n) is 18.7. The van der Waals surface area contributed by atoms with E-state index < -0.39 is 0 Å². The van der Waals surface area contributed by atoms with E-state index in [1.165, 1.54) is 23.8 Å². The zero-order chi connectivity index (χ0) is 24.2. The van der Waals surface area contributed by atoms with Gasteiger partial charge in [-0.3, -0.25) is 14.9 Å². The highest BCUT2D eigenvalue weighted by molar-refractivity contribution is 7.17. The Morgan fingerprint density at radius 1 is 1.29 bits per heavy atom. The molecule has 2 amide bonds. The number of nitrogens with one attached hydrogen (secondary N) is 1. The van der Waals surface area contributed by atoms with E-state index in [9.17, 15) is 9.59 Å². The number of anilines is 1. The Morgan fingerprint density at radius 3 is 2.91 bits per heavy atom. The molecule has 1 N–H and O–H groups in total. The molecule has 8 nitrogen and oxygen atoms in total. The summed E-state index contributed by atoms with van der Waals surface area (Å²) in [7, 11) is 0. The molecule has 0 radical (unpaired) electrons. The minimum Gasteiger partial charge on any atom is -0.443 e. The number of carbonyl (C=O) groups is 2. The van der Waals surface area contributed by atoms with Crippen molar-refractivity contribution in [3.8, 4) is 10.6 Å². The topological polar surface area (TPSA) is 93.3 Å². The molecule has 3 aromatic heterocycles. The number of rotatable bonds is 5. The number of aromatic nitrogens is 3. The van der Waals surface area contributed by atoms with Crippen LogP contribution in [-0.2, 0) is 4.79 Å². The van der Waals surface area contributed by atoms with Gasteiger partial charge in [0.05, 0.1) is 26.5 Å². The Morgan fingerprint density at radius 2 is 2.14 bits per heavy atom. The molecule has 4 heterocycles. The number of hydrogen-bond donors (Lipinski definition) is 1. The summed E-state index contributed by atoms with van der Waals surface area (Å²) >= 11 is 7.78. The van der Waals surface area contributed by atoms with E-state index in [1.54, 1.807) is 18.3 Å². The van der Waals surface area contributed by atoms with E-state index in [-0.39, 0.29) is 23.3 Å². The number of oxazole rings is 1. The number of hydrogen-bond acceptors (Lipinski definition) is 6. The molecule has 2 aliphatic rings. The summed E-state index contributed by atoms with van der Waals surface area (Å²) in [6.45, 7) is 5.10. The number of benzene rings is 1. The third-order valence-electron chi connectivity index (χ3n) is 7.03. The summed E-state index contributed by atoms with van der Waals surface area (Å²) in [5.41, 5.74) is 1.64. The lowest BCUT2D eigenvalue weighted by molar-refractivity contribution is -0.125. The van der Waals surface area contributed by atoms with Crippen molar-refractivity contribution < 1.29 is 14.0 Å². The van der Waals surface area contributed by atoms with Gasteiger partial charge in [0.25, 0.3) is 5.91 Å². The van der Waals surface area contributed by atoms with E-state index in [0.717, 1.165) is 42.7 Å². The molecule has 2 fully saturated rings. The molecule has 1 aliphatic heterocycles. The molecule has 0 bridgehead atoms. The first-order valence-corrected chi connectivity index (χ1v) is 12.5. The van der Waals surface area contributed by atoms with Crippen molar-refractivity contribution in [1.29, 1.82) is 0 Å². The van der Waals surface area contributed by atoms with Gasteiger partial charge in [0.1, 0.15) is 5.52 Å². The van der Waals surface area contributed by atoms with Crippen molar-refractivity contribution >= 4 is 51.7 Å². The lowest BCUT2D eigenvalue weighted by atomic mass is 9.65. The average Bonchev–Trinajstić information content (AvgIpc) is 3.62. The second-order valence-electron chi connectivity index (χ2n) is 9.17. The van der Waals surface area contributed by atoms with Crippen molar-refractivity contribution in [3.05, 3.63) is 65.5 Å². The van der Waals surface area contributed by atoms with Gasteiger partial charge in [0, 0.05) is 19.1 Å². The Balaban J connectivity index is 1.27. The van der Waals surface area contributed by atoms with Crippen LogP contribution in [0.15, 0.2) is 60.0 Å². The number of imidazole rings is 1. The van der Waals surface area contributed by atoms with E-state index in [4.69, 9.17) is 21.0 Å². The van der Waals surface area contributed by atoms with Gasteiger partial charge in [-0.1, -0.05) is 24.2 Å².